The fourth-order valence-electron chi connectivity index (χ4n) is 2.75. The third-order valence-corrected chi connectivity index (χ3v) is 4.00. The van der Waals surface area contributed by atoms with Gasteiger partial charge in [0.1, 0.15) is 11.3 Å². The van der Waals surface area contributed by atoms with Gasteiger partial charge in [0.05, 0.1) is 11.2 Å². The highest BCUT2D eigenvalue weighted by molar-refractivity contribution is 5.83. The minimum absolute atomic E-state index is 0.383. The first kappa shape index (κ1) is 17.7. The number of unbranched alkanes of at least 4 members (excludes halogenated alkanes) is 1. The summed E-state index contributed by atoms with van der Waals surface area (Å²) in [6.07, 6.45) is 4.11. The average Bonchev–Trinajstić information content (AvgIpc) is 2.86. The van der Waals surface area contributed by atoms with Crippen LogP contribution >= 0.6 is 0 Å². The Morgan fingerprint density at radius 3 is 2.70 bits per heavy atom. The number of hydrazine groups is 1. The lowest BCUT2D eigenvalue weighted by atomic mass is 10.0. The third-order valence-electron chi connectivity index (χ3n) is 4.00. The van der Waals surface area contributed by atoms with E-state index in [1.807, 2.05) is 17.8 Å². The average molecular weight is 319 g/mol. The number of anilines is 1. The molecule has 0 saturated heterocycles. The Hall–Kier alpha value is -1.66. The largest absolute Gasteiger partial charge is 0.381 e. The van der Waals surface area contributed by atoms with Gasteiger partial charge in [-0.2, -0.15) is 5.10 Å². The predicted octanol–water partition coefficient (Wildman–Crippen LogP) is 3.13. The van der Waals surface area contributed by atoms with E-state index in [1.54, 1.807) is 0 Å². The fourth-order valence-corrected chi connectivity index (χ4v) is 2.75. The molecule has 0 aromatic carbocycles. The Kier molecular flexibility index (Phi) is 6.36. The van der Waals surface area contributed by atoms with E-state index in [2.05, 4.69) is 36.3 Å². The number of nitrogens with one attached hydrogen (secondary N) is 1. The van der Waals surface area contributed by atoms with E-state index in [0.29, 0.717) is 11.7 Å². The molecule has 0 unspecified atom stereocenters. The quantitative estimate of drug-likeness (QED) is 0.422. The number of aryl methyl sites for hydroxylation is 2. The Morgan fingerprint density at radius 2 is 2.04 bits per heavy atom. The van der Waals surface area contributed by atoms with Crippen LogP contribution in [-0.2, 0) is 18.2 Å². The second-order valence-corrected chi connectivity index (χ2v) is 6.23. The number of nitrogens with zero attached hydrogens (tertiary/aromatic N) is 3. The van der Waals surface area contributed by atoms with Crippen molar-refractivity contribution in [1.82, 2.24) is 14.8 Å². The van der Waals surface area contributed by atoms with Crippen LogP contribution in [0.4, 0.5) is 5.82 Å². The molecule has 2 heterocycles. The smallest absolute Gasteiger partial charge is 0.141 e. The zero-order chi connectivity index (χ0) is 16.8. The highest BCUT2D eigenvalue weighted by Gasteiger charge is 2.17. The van der Waals surface area contributed by atoms with Gasteiger partial charge in [-0.25, -0.2) is 10.8 Å². The van der Waals surface area contributed by atoms with E-state index < -0.39 is 0 Å². The molecule has 2 rings (SSSR count). The van der Waals surface area contributed by atoms with Crippen LogP contribution in [-0.4, -0.2) is 28.0 Å². The molecule has 2 aromatic rings. The lowest BCUT2D eigenvalue weighted by molar-refractivity contribution is 0.129. The molecule has 0 atom stereocenters. The first-order valence-corrected chi connectivity index (χ1v) is 8.49. The van der Waals surface area contributed by atoms with E-state index >= 15 is 0 Å². The van der Waals surface area contributed by atoms with Gasteiger partial charge < -0.3 is 10.2 Å². The number of fused-ring (bicyclic) bond motifs is 1. The highest BCUT2D eigenvalue weighted by Crippen LogP contribution is 2.28. The van der Waals surface area contributed by atoms with Gasteiger partial charge in [-0.15, -0.1) is 0 Å². The lowest BCUT2D eigenvalue weighted by Gasteiger charge is -2.10. The zero-order valence-corrected chi connectivity index (χ0v) is 14.7. The molecule has 0 aliphatic heterocycles. The monoisotopic (exact) mass is 319 g/mol. The van der Waals surface area contributed by atoms with Crippen LogP contribution in [0.2, 0.25) is 0 Å². The molecule has 0 aliphatic rings. The second-order valence-electron chi connectivity index (χ2n) is 6.23. The number of ether oxygens (including phenoxy) is 1. The van der Waals surface area contributed by atoms with Crippen LogP contribution in [0.5, 0.6) is 0 Å². The summed E-state index contributed by atoms with van der Waals surface area (Å²) < 4.78 is 7.57. The zero-order valence-electron chi connectivity index (χ0n) is 14.7. The summed E-state index contributed by atoms with van der Waals surface area (Å²) in [7, 11) is 1.98. The van der Waals surface area contributed by atoms with E-state index in [9.17, 15) is 0 Å². The van der Waals surface area contributed by atoms with Crippen molar-refractivity contribution in [3.8, 4) is 0 Å². The summed E-state index contributed by atoms with van der Waals surface area (Å²) in [5.41, 5.74) is 6.94. The molecular weight excluding hydrogens is 290 g/mol. The maximum atomic E-state index is 5.63. The molecular formula is C17H29N5O. The molecule has 128 valence electrons. The van der Waals surface area contributed by atoms with E-state index in [-0.39, 0.29) is 0 Å². The van der Waals surface area contributed by atoms with Crippen LogP contribution < -0.4 is 11.3 Å². The summed E-state index contributed by atoms with van der Waals surface area (Å²) in [5, 5.41) is 4.67. The first-order chi connectivity index (χ1) is 11.1. The molecule has 0 spiro atoms. The number of rotatable bonds is 9. The molecule has 6 nitrogen and oxygen atoms in total. The summed E-state index contributed by atoms with van der Waals surface area (Å²) >= 11 is 0. The summed E-state index contributed by atoms with van der Waals surface area (Å²) in [5.74, 6) is 6.65. The van der Waals surface area contributed by atoms with E-state index in [1.165, 1.54) is 12.0 Å². The first-order valence-electron chi connectivity index (χ1n) is 8.49. The second kappa shape index (κ2) is 8.26. The van der Waals surface area contributed by atoms with Crippen LogP contribution in [0, 0.1) is 0 Å². The van der Waals surface area contributed by atoms with Crippen LogP contribution in [0.25, 0.3) is 11.0 Å². The van der Waals surface area contributed by atoms with Crippen molar-refractivity contribution in [1.29, 1.82) is 0 Å². The van der Waals surface area contributed by atoms with Gasteiger partial charge in [0.25, 0.3) is 0 Å². The van der Waals surface area contributed by atoms with Crippen molar-refractivity contribution < 1.29 is 4.74 Å². The number of hydrogen-bond acceptors (Lipinski definition) is 5. The number of nitrogens with two attached hydrogens (primary N) is 1. The van der Waals surface area contributed by atoms with Crippen molar-refractivity contribution in [2.45, 2.75) is 52.4 Å². The minimum Gasteiger partial charge on any atom is -0.381 e. The fraction of sp³-hybridized carbons (Fsp3) is 0.647. The molecule has 2 aromatic heterocycles. The van der Waals surface area contributed by atoms with Crippen LogP contribution in [0.3, 0.4) is 0 Å². The molecule has 0 fully saturated rings. The summed E-state index contributed by atoms with van der Waals surface area (Å²) in [6.45, 7) is 8.12. The predicted molar refractivity (Wildman–Crippen MR) is 94.5 cm³/mol. The lowest BCUT2D eigenvalue weighted by Crippen LogP contribution is -2.10. The Labute approximate surface area is 138 Å². The van der Waals surface area contributed by atoms with Crippen molar-refractivity contribution in [2.75, 3.05) is 18.6 Å². The topological polar surface area (TPSA) is 78.0 Å². The van der Waals surface area contributed by atoms with Gasteiger partial charge in [0.2, 0.25) is 0 Å². The van der Waals surface area contributed by atoms with Crippen molar-refractivity contribution in [3.05, 3.63) is 17.3 Å². The molecule has 0 amide bonds. The van der Waals surface area contributed by atoms with Gasteiger partial charge in [-0.05, 0) is 36.8 Å². The Bertz CT molecular complexity index is 635. The standard InChI is InChI=1S/C17H29N5O/c1-5-6-9-23-10-7-8-14-16-17(22(4)21-14)13(12(2)3)11-15(19-16)20-18/h11-12H,5-10,18H2,1-4H3,(H,19,20). The van der Waals surface area contributed by atoms with Crippen molar-refractivity contribution in [2.24, 2.45) is 12.9 Å². The molecule has 0 bridgehead atoms. The van der Waals surface area contributed by atoms with Crippen molar-refractivity contribution >= 4 is 16.9 Å². The van der Waals surface area contributed by atoms with Gasteiger partial charge in [0.15, 0.2) is 0 Å². The third kappa shape index (κ3) is 4.20. The van der Waals surface area contributed by atoms with E-state index in [4.69, 9.17) is 10.6 Å². The van der Waals surface area contributed by atoms with Crippen LogP contribution in [0.1, 0.15) is 57.2 Å². The highest BCUT2D eigenvalue weighted by atomic mass is 16.5. The minimum atomic E-state index is 0.383. The maximum Gasteiger partial charge on any atom is 0.141 e. The van der Waals surface area contributed by atoms with Crippen LogP contribution in [0.15, 0.2) is 6.07 Å². The molecule has 0 saturated carbocycles. The normalized spacial score (nSPS) is 11.6. The molecule has 3 N–H and O–H groups in total. The molecule has 0 radical (unpaired) electrons. The van der Waals surface area contributed by atoms with E-state index in [0.717, 1.165) is 49.2 Å². The molecule has 0 aliphatic carbocycles. The number of aromatic nitrogens is 3. The van der Waals surface area contributed by atoms with Gasteiger partial charge in [-0.3, -0.25) is 4.68 Å². The van der Waals surface area contributed by atoms with Gasteiger partial charge >= 0.3 is 0 Å². The molecule has 23 heavy (non-hydrogen) atoms. The number of pyridine rings is 1. The van der Waals surface area contributed by atoms with Gasteiger partial charge in [0, 0.05) is 20.3 Å². The SMILES string of the molecule is CCCCOCCCc1nn(C)c2c(C(C)C)cc(NN)nc12. The number of hydrogen-bond donors (Lipinski definition) is 2. The Balaban J connectivity index is 2.19. The Morgan fingerprint density at radius 1 is 1.30 bits per heavy atom. The number of nitrogen functional groups attached to an aromatic ring is 1. The summed E-state index contributed by atoms with van der Waals surface area (Å²) in [4.78, 5) is 4.63. The van der Waals surface area contributed by atoms with Gasteiger partial charge in [-0.1, -0.05) is 27.2 Å². The maximum absolute atomic E-state index is 5.63. The molecule has 6 heteroatoms. The van der Waals surface area contributed by atoms with Crippen molar-refractivity contribution in [3.63, 3.8) is 0 Å². The summed E-state index contributed by atoms with van der Waals surface area (Å²) in [6, 6.07) is 2.01.